The minimum atomic E-state index is -1.02. The molecule has 2 rings (SSSR count). The van der Waals surface area contributed by atoms with Crippen LogP contribution >= 0.6 is 15.9 Å². The molecule has 0 atom stereocenters. The van der Waals surface area contributed by atoms with Crippen molar-refractivity contribution in [1.82, 2.24) is 0 Å². The summed E-state index contributed by atoms with van der Waals surface area (Å²) in [5.74, 6) is -0.706. The zero-order valence-electron chi connectivity index (χ0n) is 12.8. The topological polar surface area (TPSA) is 90.5 Å². The number of rotatable bonds is 5. The van der Waals surface area contributed by atoms with Crippen LogP contribution in [-0.4, -0.2) is 22.8 Å². The number of hydrogen-bond acceptors (Lipinski definition) is 4. The Morgan fingerprint density at radius 3 is 2.46 bits per heavy atom. The molecule has 2 N–H and O–H groups in total. The van der Waals surface area contributed by atoms with Crippen molar-refractivity contribution in [2.24, 2.45) is 0 Å². The van der Waals surface area contributed by atoms with Gasteiger partial charge in [0.15, 0.2) is 11.5 Å². The second-order valence-electron chi connectivity index (χ2n) is 4.83. The molecule has 0 heterocycles. The van der Waals surface area contributed by atoms with E-state index in [1.165, 1.54) is 12.1 Å². The van der Waals surface area contributed by atoms with Gasteiger partial charge in [-0.05, 0) is 64.3 Å². The SMILES string of the molecule is CCOc1cc(C=C(C#N)c2ccc(C(=O)O)cc2)cc(Br)c1O. The maximum atomic E-state index is 10.9. The van der Waals surface area contributed by atoms with Gasteiger partial charge in [0.05, 0.1) is 28.3 Å². The van der Waals surface area contributed by atoms with E-state index in [4.69, 9.17) is 9.84 Å². The molecule has 0 unspecified atom stereocenters. The van der Waals surface area contributed by atoms with Crippen LogP contribution in [-0.2, 0) is 0 Å². The van der Waals surface area contributed by atoms with Gasteiger partial charge in [-0.25, -0.2) is 4.79 Å². The first-order valence-corrected chi connectivity index (χ1v) is 7.86. The first-order valence-electron chi connectivity index (χ1n) is 7.07. The van der Waals surface area contributed by atoms with Crippen molar-refractivity contribution < 1.29 is 19.7 Å². The zero-order valence-corrected chi connectivity index (χ0v) is 14.4. The van der Waals surface area contributed by atoms with Crippen LogP contribution in [0.2, 0.25) is 0 Å². The first kappa shape index (κ1) is 17.6. The number of phenolic OH excluding ortho intramolecular Hbond substituents is 1. The fraction of sp³-hybridized carbons (Fsp3) is 0.111. The van der Waals surface area contributed by atoms with Gasteiger partial charge in [-0.3, -0.25) is 0 Å². The summed E-state index contributed by atoms with van der Waals surface area (Å²) in [5.41, 5.74) is 1.79. The van der Waals surface area contributed by atoms with E-state index in [9.17, 15) is 15.2 Å². The van der Waals surface area contributed by atoms with Crippen LogP contribution < -0.4 is 4.74 Å². The summed E-state index contributed by atoms with van der Waals surface area (Å²) in [6, 6.07) is 11.4. The Morgan fingerprint density at radius 1 is 1.29 bits per heavy atom. The Kier molecular flexibility index (Phi) is 5.61. The molecule has 0 aliphatic rings. The molecule has 6 heteroatoms. The summed E-state index contributed by atoms with van der Waals surface area (Å²) < 4.78 is 5.82. The molecule has 0 aromatic heterocycles. The number of carboxylic acid groups (broad SMARTS) is 1. The average Bonchev–Trinajstić information content (AvgIpc) is 2.57. The second-order valence-corrected chi connectivity index (χ2v) is 5.69. The van der Waals surface area contributed by atoms with Crippen LogP contribution in [0.3, 0.4) is 0 Å². The van der Waals surface area contributed by atoms with Gasteiger partial charge in [0.25, 0.3) is 0 Å². The van der Waals surface area contributed by atoms with Crippen molar-refractivity contribution in [3.8, 4) is 17.6 Å². The fourth-order valence-corrected chi connectivity index (χ4v) is 2.54. The molecule has 0 bridgehead atoms. The molecule has 0 fully saturated rings. The van der Waals surface area contributed by atoms with Gasteiger partial charge in [0.2, 0.25) is 0 Å². The summed E-state index contributed by atoms with van der Waals surface area (Å²) in [4.78, 5) is 10.9. The minimum absolute atomic E-state index is 0.00156. The Labute approximate surface area is 147 Å². The van der Waals surface area contributed by atoms with Crippen LogP contribution in [0, 0.1) is 11.3 Å². The molecule has 2 aromatic rings. The molecule has 0 aliphatic carbocycles. The molecule has 0 radical (unpaired) electrons. The van der Waals surface area contributed by atoms with Gasteiger partial charge in [-0.15, -0.1) is 0 Å². The molecule has 122 valence electrons. The summed E-state index contributed by atoms with van der Waals surface area (Å²) in [5, 5.41) is 28.2. The predicted molar refractivity (Wildman–Crippen MR) is 93.9 cm³/mol. The Hall–Kier alpha value is -2.78. The Bertz CT molecular complexity index is 835. The quantitative estimate of drug-likeness (QED) is 0.588. The lowest BCUT2D eigenvalue weighted by Gasteiger charge is -2.09. The summed E-state index contributed by atoms with van der Waals surface area (Å²) in [6.45, 7) is 2.20. The van der Waals surface area contributed by atoms with Gasteiger partial charge < -0.3 is 14.9 Å². The lowest BCUT2D eigenvalue weighted by molar-refractivity contribution is 0.0697. The monoisotopic (exact) mass is 387 g/mol. The Balaban J connectivity index is 2.44. The molecular weight excluding hydrogens is 374 g/mol. The standard InChI is InChI=1S/C18H14BrNO4/c1-2-24-16-9-11(8-15(19)17(16)21)7-14(10-20)12-3-5-13(6-4-12)18(22)23/h3-9,21H,2H2,1H3,(H,22,23). The van der Waals surface area contributed by atoms with Crippen LogP contribution in [0.4, 0.5) is 0 Å². The van der Waals surface area contributed by atoms with E-state index in [1.54, 1.807) is 37.3 Å². The maximum absolute atomic E-state index is 10.9. The highest BCUT2D eigenvalue weighted by Crippen LogP contribution is 2.36. The molecule has 0 saturated heterocycles. The van der Waals surface area contributed by atoms with Crippen LogP contribution in [0.5, 0.6) is 11.5 Å². The van der Waals surface area contributed by atoms with E-state index >= 15 is 0 Å². The molecule has 5 nitrogen and oxygen atoms in total. The van der Waals surface area contributed by atoms with Crippen LogP contribution in [0.15, 0.2) is 40.9 Å². The van der Waals surface area contributed by atoms with Crippen molar-refractivity contribution >= 4 is 33.5 Å². The number of carbonyl (C=O) groups is 1. The normalized spacial score (nSPS) is 11.0. The number of nitrogens with zero attached hydrogens (tertiary/aromatic N) is 1. The van der Waals surface area contributed by atoms with E-state index in [-0.39, 0.29) is 11.3 Å². The summed E-state index contributed by atoms with van der Waals surface area (Å²) in [6.07, 6.45) is 1.64. The van der Waals surface area contributed by atoms with Crippen molar-refractivity contribution in [2.75, 3.05) is 6.61 Å². The number of ether oxygens (including phenoxy) is 1. The lowest BCUT2D eigenvalue weighted by Crippen LogP contribution is -1.95. The first-order chi connectivity index (χ1) is 11.5. The number of carboxylic acids is 1. The maximum Gasteiger partial charge on any atom is 0.335 e. The van der Waals surface area contributed by atoms with Gasteiger partial charge >= 0.3 is 5.97 Å². The van der Waals surface area contributed by atoms with Crippen molar-refractivity contribution in [2.45, 2.75) is 6.92 Å². The smallest absolute Gasteiger partial charge is 0.335 e. The largest absolute Gasteiger partial charge is 0.503 e. The van der Waals surface area contributed by atoms with Crippen molar-refractivity contribution in [3.63, 3.8) is 0 Å². The minimum Gasteiger partial charge on any atom is -0.503 e. The van der Waals surface area contributed by atoms with E-state index in [0.717, 1.165) is 0 Å². The second kappa shape index (κ2) is 7.66. The van der Waals surface area contributed by atoms with Crippen LogP contribution in [0.25, 0.3) is 11.6 Å². The van der Waals surface area contributed by atoms with E-state index < -0.39 is 5.97 Å². The third-order valence-electron chi connectivity index (χ3n) is 3.22. The van der Waals surface area contributed by atoms with Crippen LogP contribution in [0.1, 0.15) is 28.4 Å². The van der Waals surface area contributed by atoms with Crippen molar-refractivity contribution in [1.29, 1.82) is 5.26 Å². The number of hydrogen-bond donors (Lipinski definition) is 2. The highest BCUT2D eigenvalue weighted by Gasteiger charge is 2.10. The highest BCUT2D eigenvalue weighted by molar-refractivity contribution is 9.10. The van der Waals surface area contributed by atoms with E-state index in [2.05, 4.69) is 22.0 Å². The average molecular weight is 388 g/mol. The molecule has 0 aliphatic heterocycles. The van der Waals surface area contributed by atoms with Gasteiger partial charge in [0, 0.05) is 0 Å². The number of halogens is 1. The third-order valence-corrected chi connectivity index (χ3v) is 3.83. The molecule has 24 heavy (non-hydrogen) atoms. The van der Waals surface area contributed by atoms with Gasteiger partial charge in [-0.2, -0.15) is 5.26 Å². The molecule has 0 saturated carbocycles. The molecule has 2 aromatic carbocycles. The summed E-state index contributed by atoms with van der Waals surface area (Å²) in [7, 11) is 0. The lowest BCUT2D eigenvalue weighted by atomic mass is 10.0. The molecule has 0 spiro atoms. The fourth-order valence-electron chi connectivity index (χ4n) is 2.08. The van der Waals surface area contributed by atoms with Crippen molar-refractivity contribution in [3.05, 3.63) is 57.6 Å². The zero-order chi connectivity index (χ0) is 17.7. The number of nitriles is 1. The molecular formula is C18H14BrNO4. The van der Waals surface area contributed by atoms with Gasteiger partial charge in [0.1, 0.15) is 0 Å². The summed E-state index contributed by atoms with van der Waals surface area (Å²) >= 11 is 3.25. The number of aromatic carboxylic acids is 1. The third kappa shape index (κ3) is 3.94. The number of allylic oxidation sites excluding steroid dienone is 1. The van der Waals surface area contributed by atoms with Gasteiger partial charge in [-0.1, -0.05) is 12.1 Å². The highest BCUT2D eigenvalue weighted by atomic mass is 79.9. The molecule has 0 amide bonds. The predicted octanol–water partition coefficient (Wildman–Crippen LogP) is 4.32. The number of phenols is 1. The Morgan fingerprint density at radius 2 is 1.92 bits per heavy atom. The van der Waals surface area contributed by atoms with E-state index in [0.29, 0.717) is 33.5 Å². The van der Waals surface area contributed by atoms with E-state index in [1.807, 2.05) is 0 Å². The number of aromatic hydroxyl groups is 1. The number of benzene rings is 2.